The van der Waals surface area contributed by atoms with Crippen LogP contribution in [0.15, 0.2) is 29.3 Å². The minimum absolute atomic E-state index is 0.0480. The second-order valence-electron chi connectivity index (χ2n) is 6.25. The molecule has 1 aromatic rings. The lowest BCUT2D eigenvalue weighted by Crippen LogP contribution is -2.37. The molecule has 140 valence electrons. The number of benzene rings is 1. The SMILES string of the molecule is CCOCCCNC(=NC)NCc1cccc(NC(=O)CC(C)C)c1. The summed E-state index contributed by atoms with van der Waals surface area (Å²) in [7, 11) is 1.75. The molecule has 3 N–H and O–H groups in total. The molecule has 0 saturated heterocycles. The number of aliphatic imine (C=N–C) groups is 1. The largest absolute Gasteiger partial charge is 0.382 e. The molecule has 0 saturated carbocycles. The lowest BCUT2D eigenvalue weighted by Gasteiger charge is -2.13. The normalized spacial score (nSPS) is 11.5. The molecule has 6 nitrogen and oxygen atoms in total. The smallest absolute Gasteiger partial charge is 0.224 e. The summed E-state index contributed by atoms with van der Waals surface area (Å²) < 4.78 is 5.31. The molecule has 0 aliphatic carbocycles. The van der Waals surface area contributed by atoms with Gasteiger partial charge in [0.25, 0.3) is 0 Å². The van der Waals surface area contributed by atoms with E-state index in [1.165, 1.54) is 0 Å². The maximum Gasteiger partial charge on any atom is 0.224 e. The van der Waals surface area contributed by atoms with E-state index in [9.17, 15) is 4.79 Å². The summed E-state index contributed by atoms with van der Waals surface area (Å²) in [5.41, 5.74) is 1.91. The Balaban J connectivity index is 2.42. The summed E-state index contributed by atoms with van der Waals surface area (Å²) in [4.78, 5) is 16.1. The number of hydrogen-bond acceptors (Lipinski definition) is 3. The molecule has 0 aliphatic rings. The molecule has 0 aromatic heterocycles. The molecule has 6 heteroatoms. The monoisotopic (exact) mass is 348 g/mol. The summed E-state index contributed by atoms with van der Waals surface area (Å²) in [5, 5.41) is 9.47. The van der Waals surface area contributed by atoms with Gasteiger partial charge in [-0.2, -0.15) is 0 Å². The van der Waals surface area contributed by atoms with E-state index >= 15 is 0 Å². The van der Waals surface area contributed by atoms with Gasteiger partial charge in [-0.05, 0) is 37.0 Å². The Labute approximate surface area is 151 Å². The molecule has 25 heavy (non-hydrogen) atoms. The van der Waals surface area contributed by atoms with Gasteiger partial charge in [-0.3, -0.25) is 9.79 Å². The highest BCUT2D eigenvalue weighted by Gasteiger charge is 2.06. The Morgan fingerprint density at radius 1 is 1.28 bits per heavy atom. The number of ether oxygens (including phenoxy) is 1. The van der Waals surface area contributed by atoms with Crippen LogP contribution in [0.25, 0.3) is 0 Å². The van der Waals surface area contributed by atoms with Crippen molar-refractivity contribution in [2.24, 2.45) is 10.9 Å². The van der Waals surface area contributed by atoms with Gasteiger partial charge in [-0.25, -0.2) is 0 Å². The second-order valence-corrected chi connectivity index (χ2v) is 6.25. The molecule has 0 unspecified atom stereocenters. The van der Waals surface area contributed by atoms with Crippen LogP contribution in [-0.2, 0) is 16.1 Å². The van der Waals surface area contributed by atoms with E-state index in [-0.39, 0.29) is 5.91 Å². The highest BCUT2D eigenvalue weighted by Crippen LogP contribution is 2.12. The third-order valence-electron chi connectivity index (χ3n) is 3.45. The van der Waals surface area contributed by atoms with Crippen molar-refractivity contribution in [3.8, 4) is 0 Å². The van der Waals surface area contributed by atoms with Gasteiger partial charge in [0, 0.05) is 45.5 Å². The van der Waals surface area contributed by atoms with Gasteiger partial charge in [0.15, 0.2) is 5.96 Å². The highest BCUT2D eigenvalue weighted by atomic mass is 16.5. The molecule has 0 bridgehead atoms. The average molecular weight is 348 g/mol. The maximum atomic E-state index is 11.9. The second kappa shape index (κ2) is 12.3. The van der Waals surface area contributed by atoms with Gasteiger partial charge in [0.2, 0.25) is 5.91 Å². The van der Waals surface area contributed by atoms with Gasteiger partial charge in [0.05, 0.1) is 0 Å². The minimum atomic E-state index is 0.0480. The van der Waals surface area contributed by atoms with Crippen molar-refractivity contribution in [2.45, 2.75) is 40.2 Å². The fourth-order valence-corrected chi connectivity index (χ4v) is 2.27. The quantitative estimate of drug-likeness (QED) is 0.345. The summed E-state index contributed by atoms with van der Waals surface area (Å²) in [6.45, 7) is 9.01. The van der Waals surface area contributed by atoms with Crippen molar-refractivity contribution in [2.75, 3.05) is 32.1 Å². The topological polar surface area (TPSA) is 74.8 Å². The summed E-state index contributed by atoms with van der Waals surface area (Å²) in [6, 6.07) is 7.85. The number of nitrogens with zero attached hydrogens (tertiary/aromatic N) is 1. The van der Waals surface area contributed by atoms with Gasteiger partial charge < -0.3 is 20.7 Å². The van der Waals surface area contributed by atoms with Gasteiger partial charge in [0.1, 0.15) is 0 Å². The molecule has 0 aliphatic heterocycles. The molecular weight excluding hydrogens is 316 g/mol. The number of nitrogens with one attached hydrogen (secondary N) is 3. The highest BCUT2D eigenvalue weighted by molar-refractivity contribution is 5.90. The van der Waals surface area contributed by atoms with Crippen molar-refractivity contribution in [1.82, 2.24) is 10.6 Å². The van der Waals surface area contributed by atoms with Crippen LogP contribution in [0.1, 0.15) is 39.2 Å². The Bertz CT molecular complexity index is 544. The molecule has 0 radical (unpaired) electrons. The molecule has 0 spiro atoms. The van der Waals surface area contributed by atoms with Crippen molar-refractivity contribution in [1.29, 1.82) is 0 Å². The van der Waals surface area contributed by atoms with E-state index < -0.39 is 0 Å². The summed E-state index contributed by atoms with van der Waals surface area (Å²) in [5.74, 6) is 1.15. The summed E-state index contributed by atoms with van der Waals surface area (Å²) >= 11 is 0. The van der Waals surface area contributed by atoms with Crippen LogP contribution in [0.2, 0.25) is 0 Å². The Morgan fingerprint density at radius 3 is 2.76 bits per heavy atom. The lowest BCUT2D eigenvalue weighted by atomic mass is 10.1. The minimum Gasteiger partial charge on any atom is -0.382 e. The number of amides is 1. The number of anilines is 1. The average Bonchev–Trinajstić information content (AvgIpc) is 2.57. The third kappa shape index (κ3) is 9.72. The van der Waals surface area contributed by atoms with Crippen LogP contribution < -0.4 is 16.0 Å². The number of hydrogen-bond donors (Lipinski definition) is 3. The van der Waals surface area contributed by atoms with Crippen molar-refractivity contribution in [3.05, 3.63) is 29.8 Å². The fraction of sp³-hybridized carbons (Fsp3) is 0.579. The molecule has 0 atom stereocenters. The number of carbonyl (C=O) groups excluding carboxylic acids is 1. The first-order valence-electron chi connectivity index (χ1n) is 8.96. The predicted octanol–water partition coefficient (Wildman–Crippen LogP) is 2.76. The zero-order valence-electron chi connectivity index (χ0n) is 15.9. The number of carbonyl (C=O) groups is 1. The Hall–Kier alpha value is -2.08. The van der Waals surface area contributed by atoms with Crippen molar-refractivity contribution in [3.63, 3.8) is 0 Å². The molecule has 1 rings (SSSR count). The lowest BCUT2D eigenvalue weighted by molar-refractivity contribution is -0.116. The van der Waals surface area contributed by atoms with E-state index in [1.807, 2.05) is 45.0 Å². The molecule has 1 amide bonds. The Morgan fingerprint density at radius 2 is 2.08 bits per heavy atom. The van der Waals surface area contributed by atoms with E-state index in [1.54, 1.807) is 7.05 Å². The van der Waals surface area contributed by atoms with Crippen molar-refractivity contribution >= 4 is 17.6 Å². The first-order valence-corrected chi connectivity index (χ1v) is 8.96. The van der Waals surface area contributed by atoms with E-state index in [4.69, 9.17) is 4.74 Å². The first kappa shape index (κ1) is 21.0. The number of rotatable bonds is 10. The van der Waals surface area contributed by atoms with Crippen LogP contribution in [0.5, 0.6) is 0 Å². The molecular formula is C19H32N4O2. The standard InChI is InChI=1S/C19H32N4O2/c1-5-25-11-7-10-21-19(20-4)22-14-16-8-6-9-17(13-16)23-18(24)12-15(2)3/h6,8-9,13,15H,5,7,10-12,14H2,1-4H3,(H,23,24)(H2,20,21,22). The van der Waals surface area contributed by atoms with E-state index in [0.717, 1.165) is 43.4 Å². The fourth-order valence-electron chi connectivity index (χ4n) is 2.27. The van der Waals surface area contributed by atoms with Crippen LogP contribution in [0.4, 0.5) is 5.69 Å². The molecule has 0 fully saturated rings. The predicted molar refractivity (Wildman–Crippen MR) is 104 cm³/mol. The zero-order valence-corrected chi connectivity index (χ0v) is 15.9. The number of guanidine groups is 1. The molecule has 0 heterocycles. The van der Waals surface area contributed by atoms with Crippen LogP contribution in [0, 0.1) is 5.92 Å². The molecule has 1 aromatic carbocycles. The van der Waals surface area contributed by atoms with Gasteiger partial charge in [-0.15, -0.1) is 0 Å². The van der Waals surface area contributed by atoms with Crippen molar-refractivity contribution < 1.29 is 9.53 Å². The first-order chi connectivity index (χ1) is 12.0. The van der Waals surface area contributed by atoms with Gasteiger partial charge >= 0.3 is 0 Å². The van der Waals surface area contributed by atoms with Crippen LogP contribution in [0.3, 0.4) is 0 Å². The zero-order chi connectivity index (χ0) is 18.5. The van der Waals surface area contributed by atoms with Crippen LogP contribution in [-0.4, -0.2) is 38.7 Å². The maximum absolute atomic E-state index is 11.9. The van der Waals surface area contributed by atoms with Gasteiger partial charge in [-0.1, -0.05) is 26.0 Å². The third-order valence-corrected chi connectivity index (χ3v) is 3.45. The van der Waals surface area contributed by atoms with E-state index in [2.05, 4.69) is 20.9 Å². The Kier molecular flexibility index (Phi) is 10.3. The van der Waals surface area contributed by atoms with E-state index in [0.29, 0.717) is 18.9 Å². The summed E-state index contributed by atoms with van der Waals surface area (Å²) in [6.07, 6.45) is 1.46. The van der Waals surface area contributed by atoms with Crippen LogP contribution >= 0.6 is 0 Å².